The van der Waals surface area contributed by atoms with E-state index in [-0.39, 0.29) is 29.3 Å². The van der Waals surface area contributed by atoms with Gasteiger partial charge >= 0.3 is 0 Å². The second-order valence-corrected chi connectivity index (χ2v) is 12.8. The average molecular weight is 542 g/mol. The quantitative estimate of drug-likeness (QED) is 0.290. The first-order valence-corrected chi connectivity index (χ1v) is 14.3. The molecular weight excluding hydrogens is 510 g/mol. The highest BCUT2D eigenvalue weighted by molar-refractivity contribution is 7.23. The van der Waals surface area contributed by atoms with Crippen molar-refractivity contribution in [2.24, 2.45) is 0 Å². The molecule has 1 spiro atoms. The highest BCUT2D eigenvalue weighted by atomic mass is 32.1. The van der Waals surface area contributed by atoms with Crippen LogP contribution >= 0.6 is 11.3 Å². The van der Waals surface area contributed by atoms with Crippen LogP contribution in [0.15, 0.2) is 53.2 Å². The summed E-state index contributed by atoms with van der Waals surface area (Å²) in [7, 11) is 0. The Kier molecular flexibility index (Phi) is 5.64. The number of hydrogen-bond acceptors (Lipinski definition) is 8. The lowest BCUT2D eigenvalue weighted by Gasteiger charge is -2.19. The molecule has 9 heteroatoms. The predicted molar refractivity (Wildman–Crippen MR) is 150 cm³/mol. The van der Waals surface area contributed by atoms with E-state index in [0.717, 1.165) is 50.9 Å². The van der Waals surface area contributed by atoms with Gasteiger partial charge in [0.2, 0.25) is 5.88 Å². The largest absolute Gasteiger partial charge is 0.472 e. The predicted octanol–water partition coefficient (Wildman–Crippen LogP) is 5.52. The Bertz CT molecular complexity index is 1690. The number of carbonyl (C=O) groups excluding carboxylic acids is 1. The van der Waals surface area contributed by atoms with Gasteiger partial charge in [0.1, 0.15) is 22.5 Å². The summed E-state index contributed by atoms with van der Waals surface area (Å²) in [6.45, 7) is 7.20. The number of rotatable bonds is 7. The molecule has 0 amide bonds. The Labute approximate surface area is 230 Å². The van der Waals surface area contributed by atoms with Crippen LogP contribution in [0, 0.1) is 0 Å². The van der Waals surface area contributed by atoms with Gasteiger partial charge in [0, 0.05) is 35.7 Å². The van der Waals surface area contributed by atoms with Gasteiger partial charge in [-0.3, -0.25) is 9.20 Å². The normalized spacial score (nSPS) is 18.4. The Morgan fingerprint density at radius 3 is 2.72 bits per heavy atom. The Hall–Kier alpha value is -3.56. The van der Waals surface area contributed by atoms with Gasteiger partial charge in [0.05, 0.1) is 28.9 Å². The van der Waals surface area contributed by atoms with Crippen molar-refractivity contribution in [3.05, 3.63) is 65.7 Å². The number of nitrogens with one attached hydrogen (secondary N) is 1. The number of nitrogens with zero attached hydrogens (tertiary/aromatic N) is 4. The minimum absolute atomic E-state index is 0.109. The highest BCUT2D eigenvalue weighted by Gasteiger charge is 2.53. The zero-order chi connectivity index (χ0) is 26.8. The number of aromatic nitrogens is 4. The maximum Gasteiger partial charge on any atom is 0.215 e. The Morgan fingerprint density at radius 1 is 1.15 bits per heavy atom. The summed E-state index contributed by atoms with van der Waals surface area (Å²) < 4.78 is 13.8. The minimum Gasteiger partial charge on any atom is -0.472 e. The van der Waals surface area contributed by atoms with E-state index < -0.39 is 0 Å². The summed E-state index contributed by atoms with van der Waals surface area (Å²) in [6.07, 6.45) is 6.29. The molecule has 1 atom stereocenters. The number of thiazole rings is 1. The third-order valence-corrected chi connectivity index (χ3v) is 8.78. The lowest BCUT2D eigenvalue weighted by Crippen LogP contribution is -2.36. The number of benzene rings is 1. The molecule has 0 radical (unpaired) electrons. The van der Waals surface area contributed by atoms with Crippen molar-refractivity contribution in [1.29, 1.82) is 0 Å². The van der Waals surface area contributed by atoms with Crippen LogP contribution in [0.25, 0.3) is 26.6 Å². The van der Waals surface area contributed by atoms with Gasteiger partial charge < -0.3 is 14.6 Å². The number of pyridine rings is 1. The molecule has 5 heterocycles. The first-order chi connectivity index (χ1) is 18.8. The monoisotopic (exact) mass is 541 g/mol. The van der Waals surface area contributed by atoms with Crippen LogP contribution in [0.3, 0.4) is 0 Å². The second kappa shape index (κ2) is 8.99. The van der Waals surface area contributed by atoms with Crippen molar-refractivity contribution in [1.82, 2.24) is 24.8 Å². The molecule has 1 aliphatic heterocycles. The third-order valence-electron chi connectivity index (χ3n) is 7.81. The number of carbonyl (C=O) groups is 1. The molecule has 1 saturated heterocycles. The molecule has 7 rings (SSSR count). The summed E-state index contributed by atoms with van der Waals surface area (Å²) in [5, 5.41) is 7.67. The first kappa shape index (κ1) is 24.5. The van der Waals surface area contributed by atoms with Crippen LogP contribution in [0.1, 0.15) is 57.1 Å². The molecule has 1 N–H and O–H groups in total. The average Bonchev–Trinajstić information content (AvgIpc) is 3.23. The van der Waals surface area contributed by atoms with Gasteiger partial charge in [-0.25, -0.2) is 9.97 Å². The molecule has 8 nitrogen and oxygen atoms in total. The van der Waals surface area contributed by atoms with Crippen molar-refractivity contribution in [2.45, 2.75) is 69.9 Å². The summed E-state index contributed by atoms with van der Waals surface area (Å²) in [5.41, 5.74) is 4.64. The van der Waals surface area contributed by atoms with E-state index in [1.165, 1.54) is 12.8 Å². The lowest BCUT2D eigenvalue weighted by molar-refractivity contribution is -0.117. The maximum atomic E-state index is 12.6. The smallest absolute Gasteiger partial charge is 0.215 e. The molecule has 5 aromatic rings. The summed E-state index contributed by atoms with van der Waals surface area (Å²) >= 11 is 1.57. The molecular formula is C30H31N5O3S. The summed E-state index contributed by atoms with van der Waals surface area (Å²) in [5.74, 6) is 1.59. The Morgan fingerprint density at radius 2 is 1.97 bits per heavy atom. The fourth-order valence-corrected chi connectivity index (χ4v) is 6.37. The minimum atomic E-state index is -0.127. The van der Waals surface area contributed by atoms with Crippen LogP contribution in [-0.4, -0.2) is 43.5 Å². The molecule has 4 aromatic heterocycles. The van der Waals surface area contributed by atoms with Crippen molar-refractivity contribution in [3.8, 4) is 17.1 Å². The number of ketones is 1. The standard InChI is InChI=1S/C30H31N5O3S/c1-29(2,3)25-16-20(34-38-25)15-21(36)14-18-4-6-19(7-5-18)22-17-35-23-8-9-26(33-27(23)39-28(35)32-22)37-24-10-13-31-30(24)11-12-30/h4-9,16-17,24,31H,10-15H2,1-3H3/t24-/m1/s1. The number of ether oxygens (including phenoxy) is 1. The van der Waals surface area contributed by atoms with E-state index in [2.05, 4.69) is 41.7 Å². The molecule has 1 aromatic carbocycles. The lowest BCUT2D eigenvalue weighted by atomic mass is 9.93. The zero-order valence-corrected chi connectivity index (χ0v) is 23.2. The number of Topliss-reactive ketones (excluding diaryl/α,β-unsaturated/α-hetero) is 1. The van der Waals surface area contributed by atoms with E-state index in [9.17, 15) is 4.79 Å². The third kappa shape index (κ3) is 4.63. The van der Waals surface area contributed by atoms with Crippen molar-refractivity contribution in [3.63, 3.8) is 0 Å². The van der Waals surface area contributed by atoms with Crippen LogP contribution in [-0.2, 0) is 23.1 Å². The van der Waals surface area contributed by atoms with Gasteiger partial charge in [-0.15, -0.1) is 0 Å². The molecule has 0 bridgehead atoms. The number of fused-ring (bicyclic) bond motifs is 3. The molecule has 39 heavy (non-hydrogen) atoms. The van der Waals surface area contributed by atoms with E-state index in [0.29, 0.717) is 18.0 Å². The van der Waals surface area contributed by atoms with Gasteiger partial charge in [0.15, 0.2) is 4.96 Å². The van der Waals surface area contributed by atoms with E-state index in [4.69, 9.17) is 19.2 Å². The maximum absolute atomic E-state index is 12.6. The summed E-state index contributed by atoms with van der Waals surface area (Å²) in [6, 6.07) is 14.0. The van der Waals surface area contributed by atoms with Crippen LogP contribution < -0.4 is 10.1 Å². The topological polar surface area (TPSA) is 94.6 Å². The second-order valence-electron chi connectivity index (χ2n) is 11.9. The van der Waals surface area contributed by atoms with Gasteiger partial charge in [0.25, 0.3) is 0 Å². The highest BCUT2D eigenvalue weighted by Crippen LogP contribution is 2.44. The molecule has 2 aliphatic rings. The van der Waals surface area contributed by atoms with E-state index >= 15 is 0 Å². The molecule has 2 fully saturated rings. The first-order valence-electron chi connectivity index (χ1n) is 13.5. The van der Waals surface area contributed by atoms with Crippen LogP contribution in [0.2, 0.25) is 0 Å². The van der Waals surface area contributed by atoms with Crippen LogP contribution in [0.4, 0.5) is 0 Å². The fraction of sp³-hybridized carbons (Fsp3) is 0.400. The van der Waals surface area contributed by atoms with Gasteiger partial charge in [-0.05, 0) is 37.4 Å². The van der Waals surface area contributed by atoms with E-state index in [1.54, 1.807) is 11.3 Å². The molecule has 1 saturated carbocycles. The zero-order valence-electron chi connectivity index (χ0n) is 22.4. The fourth-order valence-electron chi connectivity index (χ4n) is 5.40. The summed E-state index contributed by atoms with van der Waals surface area (Å²) in [4.78, 5) is 24.1. The van der Waals surface area contributed by atoms with E-state index in [1.807, 2.05) is 42.6 Å². The van der Waals surface area contributed by atoms with Gasteiger partial charge in [-0.1, -0.05) is 61.5 Å². The SMILES string of the molecule is CC(C)(C)c1cc(CC(=O)Cc2ccc(-c3cn4c(n3)sc3nc(O[C@@H]5CCNC56CC6)ccc34)cc2)no1. The Balaban J connectivity index is 1.03. The van der Waals surface area contributed by atoms with Crippen molar-refractivity contribution < 1.29 is 14.1 Å². The number of hydrogen-bond donors (Lipinski definition) is 1. The van der Waals surface area contributed by atoms with Crippen molar-refractivity contribution >= 4 is 32.4 Å². The van der Waals surface area contributed by atoms with Gasteiger partial charge in [-0.2, -0.15) is 0 Å². The van der Waals surface area contributed by atoms with Crippen LogP contribution in [0.5, 0.6) is 5.88 Å². The molecule has 1 aliphatic carbocycles. The molecule has 0 unspecified atom stereocenters. The number of imidazole rings is 1. The molecule has 200 valence electrons. The van der Waals surface area contributed by atoms with Crippen molar-refractivity contribution in [2.75, 3.05) is 6.54 Å².